The topological polar surface area (TPSA) is 61.8 Å². The van der Waals surface area contributed by atoms with Gasteiger partial charge in [0.2, 0.25) is 0 Å². The largest absolute Gasteiger partial charge is 0.355 e. The van der Waals surface area contributed by atoms with E-state index < -0.39 is 9.84 Å². The molecule has 1 heterocycles. The normalized spacial score (nSPS) is 22.3. The lowest BCUT2D eigenvalue weighted by molar-refractivity contribution is 0.258. The zero-order valence-corrected chi connectivity index (χ0v) is 17.0. The number of halogens is 1. The number of sulfone groups is 1. The van der Waals surface area contributed by atoms with E-state index in [1.807, 2.05) is 0 Å². The summed E-state index contributed by atoms with van der Waals surface area (Å²) >= 11 is 0. The number of likely N-dealkylation sites (tertiary alicyclic amines) is 1. The summed E-state index contributed by atoms with van der Waals surface area (Å²) in [4.78, 5) is 6.64. The van der Waals surface area contributed by atoms with Gasteiger partial charge >= 0.3 is 0 Å². The molecule has 7 heteroatoms. The molecule has 2 rings (SSSR count). The van der Waals surface area contributed by atoms with Crippen LogP contribution in [0.25, 0.3) is 0 Å². The van der Waals surface area contributed by atoms with Crippen LogP contribution in [-0.2, 0) is 9.84 Å². The van der Waals surface area contributed by atoms with Gasteiger partial charge in [-0.3, -0.25) is 4.99 Å². The summed E-state index contributed by atoms with van der Waals surface area (Å²) in [6.45, 7) is 2.55. The van der Waals surface area contributed by atoms with Gasteiger partial charge in [-0.05, 0) is 24.7 Å². The Morgan fingerprint density at radius 1 is 1.18 bits per heavy atom. The molecule has 2 aliphatic rings. The van der Waals surface area contributed by atoms with Gasteiger partial charge in [0.25, 0.3) is 0 Å². The monoisotopic (exact) mass is 443 g/mol. The highest BCUT2D eigenvalue weighted by Crippen LogP contribution is 2.42. The summed E-state index contributed by atoms with van der Waals surface area (Å²) in [6, 6.07) is 0. The molecule has 0 aromatic carbocycles. The Hall–Kier alpha value is -0.0500. The van der Waals surface area contributed by atoms with Gasteiger partial charge in [0, 0.05) is 32.9 Å². The molecule has 1 spiro atoms. The molecule has 1 aliphatic heterocycles. The van der Waals surface area contributed by atoms with Crippen molar-refractivity contribution in [3.05, 3.63) is 0 Å². The highest BCUT2D eigenvalue weighted by atomic mass is 127. The second kappa shape index (κ2) is 8.70. The van der Waals surface area contributed by atoms with Crippen LogP contribution in [0, 0.1) is 5.41 Å². The minimum absolute atomic E-state index is 0. The first-order valence-electron chi connectivity index (χ1n) is 8.07. The number of nitrogens with zero attached hydrogens (tertiary/aromatic N) is 2. The Morgan fingerprint density at radius 2 is 1.82 bits per heavy atom. The molecule has 0 bridgehead atoms. The first kappa shape index (κ1) is 20.0. The van der Waals surface area contributed by atoms with Crippen molar-refractivity contribution in [2.75, 3.05) is 38.7 Å². The van der Waals surface area contributed by atoms with E-state index in [2.05, 4.69) is 15.2 Å². The maximum atomic E-state index is 11.2. The van der Waals surface area contributed by atoms with E-state index in [9.17, 15) is 8.42 Å². The molecule has 0 aromatic heterocycles. The van der Waals surface area contributed by atoms with Gasteiger partial charge in [0.15, 0.2) is 5.96 Å². The molecule has 0 aromatic rings. The molecule has 22 heavy (non-hydrogen) atoms. The van der Waals surface area contributed by atoms with Gasteiger partial charge in [-0.1, -0.05) is 25.7 Å². The maximum absolute atomic E-state index is 11.2. The van der Waals surface area contributed by atoms with Crippen molar-refractivity contribution in [2.24, 2.45) is 10.4 Å². The van der Waals surface area contributed by atoms with Crippen molar-refractivity contribution in [3.63, 3.8) is 0 Å². The summed E-state index contributed by atoms with van der Waals surface area (Å²) in [5, 5.41) is 3.20. The van der Waals surface area contributed by atoms with Crippen LogP contribution in [0.4, 0.5) is 0 Å². The van der Waals surface area contributed by atoms with E-state index in [1.165, 1.54) is 51.2 Å². The highest BCUT2D eigenvalue weighted by molar-refractivity contribution is 14.0. The van der Waals surface area contributed by atoms with E-state index in [0.29, 0.717) is 12.0 Å². The summed E-state index contributed by atoms with van der Waals surface area (Å²) in [6.07, 6.45) is 10.7. The van der Waals surface area contributed by atoms with Crippen molar-refractivity contribution in [1.82, 2.24) is 10.2 Å². The molecule has 1 saturated heterocycles. The fourth-order valence-electron chi connectivity index (χ4n) is 3.68. The van der Waals surface area contributed by atoms with Gasteiger partial charge in [-0.2, -0.15) is 0 Å². The predicted octanol–water partition coefficient (Wildman–Crippen LogP) is 2.27. The Balaban J connectivity index is 0.00000242. The summed E-state index contributed by atoms with van der Waals surface area (Å²) in [5.74, 6) is 1.02. The molecular weight excluding hydrogens is 413 g/mol. The third-order valence-corrected chi connectivity index (χ3v) is 5.82. The third-order valence-electron chi connectivity index (χ3n) is 4.87. The van der Waals surface area contributed by atoms with Crippen molar-refractivity contribution in [1.29, 1.82) is 0 Å². The fourth-order valence-corrected chi connectivity index (χ4v) is 4.16. The first-order chi connectivity index (χ1) is 9.94. The van der Waals surface area contributed by atoms with E-state index in [1.54, 1.807) is 7.05 Å². The van der Waals surface area contributed by atoms with E-state index in [4.69, 9.17) is 0 Å². The number of hydrogen-bond acceptors (Lipinski definition) is 3. The molecule has 0 radical (unpaired) electrons. The lowest BCUT2D eigenvalue weighted by Gasteiger charge is -2.29. The number of guanidine groups is 1. The molecule has 0 amide bonds. The second-order valence-electron chi connectivity index (χ2n) is 6.69. The van der Waals surface area contributed by atoms with Crippen LogP contribution in [0.1, 0.15) is 44.9 Å². The van der Waals surface area contributed by atoms with E-state index >= 15 is 0 Å². The van der Waals surface area contributed by atoms with Crippen LogP contribution in [-0.4, -0.2) is 58.0 Å². The SMILES string of the molecule is CN=C(NCCS(C)(=O)=O)N1CCC2(CCCCCC2)C1.I. The average Bonchev–Trinajstić information content (AvgIpc) is 2.67. The fraction of sp³-hybridized carbons (Fsp3) is 0.933. The predicted molar refractivity (Wildman–Crippen MR) is 103 cm³/mol. The van der Waals surface area contributed by atoms with E-state index in [-0.39, 0.29) is 29.7 Å². The Kier molecular flexibility index (Phi) is 7.91. The van der Waals surface area contributed by atoms with Crippen LogP contribution < -0.4 is 5.32 Å². The van der Waals surface area contributed by atoms with Gasteiger partial charge in [-0.15, -0.1) is 24.0 Å². The number of hydrogen-bond donors (Lipinski definition) is 1. The minimum atomic E-state index is -2.92. The Morgan fingerprint density at radius 3 is 2.36 bits per heavy atom. The number of rotatable bonds is 3. The van der Waals surface area contributed by atoms with Gasteiger partial charge in [0.05, 0.1) is 5.75 Å². The standard InChI is InChI=1S/C15H29N3O2S.HI/c1-16-14(17-10-12-21(2,19)20)18-11-9-15(13-18)7-5-3-4-6-8-15;/h3-13H2,1-2H3,(H,16,17);1H. The van der Waals surface area contributed by atoms with Crippen LogP contribution in [0.15, 0.2) is 4.99 Å². The van der Waals surface area contributed by atoms with Crippen LogP contribution in [0.2, 0.25) is 0 Å². The first-order valence-corrected chi connectivity index (χ1v) is 10.1. The summed E-state index contributed by atoms with van der Waals surface area (Å²) < 4.78 is 22.4. The molecule has 1 N–H and O–H groups in total. The average molecular weight is 443 g/mol. The second-order valence-corrected chi connectivity index (χ2v) is 8.95. The van der Waals surface area contributed by atoms with Gasteiger partial charge in [-0.25, -0.2) is 8.42 Å². The van der Waals surface area contributed by atoms with Gasteiger partial charge < -0.3 is 10.2 Å². The molecule has 0 atom stereocenters. The van der Waals surface area contributed by atoms with Crippen molar-refractivity contribution in [2.45, 2.75) is 44.9 Å². The molecule has 1 aliphatic carbocycles. The van der Waals surface area contributed by atoms with E-state index in [0.717, 1.165) is 19.0 Å². The Bertz CT molecular complexity index is 471. The zero-order chi connectivity index (χ0) is 15.3. The van der Waals surface area contributed by atoms with Crippen LogP contribution in [0.5, 0.6) is 0 Å². The van der Waals surface area contributed by atoms with Crippen molar-refractivity contribution in [3.8, 4) is 0 Å². The maximum Gasteiger partial charge on any atom is 0.193 e. The lowest BCUT2D eigenvalue weighted by Crippen LogP contribution is -2.42. The molecule has 130 valence electrons. The molecule has 5 nitrogen and oxygen atoms in total. The molecule has 1 saturated carbocycles. The Labute approximate surface area is 152 Å². The lowest BCUT2D eigenvalue weighted by atomic mass is 9.80. The van der Waals surface area contributed by atoms with Gasteiger partial charge in [0.1, 0.15) is 9.84 Å². The molecule has 0 unspecified atom stereocenters. The minimum Gasteiger partial charge on any atom is -0.355 e. The molecular formula is C15H30IN3O2S. The van der Waals surface area contributed by atoms with Crippen LogP contribution >= 0.6 is 24.0 Å². The number of nitrogens with one attached hydrogen (secondary N) is 1. The van der Waals surface area contributed by atoms with Crippen molar-refractivity contribution >= 4 is 39.8 Å². The summed E-state index contributed by atoms with van der Waals surface area (Å²) in [7, 11) is -1.14. The highest BCUT2D eigenvalue weighted by Gasteiger charge is 2.38. The third kappa shape index (κ3) is 5.86. The van der Waals surface area contributed by atoms with Crippen molar-refractivity contribution < 1.29 is 8.42 Å². The molecule has 2 fully saturated rings. The number of aliphatic imine (C=N–C) groups is 1. The summed E-state index contributed by atoms with van der Waals surface area (Å²) in [5.41, 5.74) is 0.477. The van der Waals surface area contributed by atoms with Crippen LogP contribution in [0.3, 0.4) is 0 Å². The smallest absolute Gasteiger partial charge is 0.193 e. The zero-order valence-electron chi connectivity index (χ0n) is 13.8. The quantitative estimate of drug-likeness (QED) is 0.413.